The second kappa shape index (κ2) is 5.54. The lowest BCUT2D eigenvalue weighted by molar-refractivity contribution is -0.118. The first-order chi connectivity index (χ1) is 8.35. The molecule has 0 saturated carbocycles. The van der Waals surface area contributed by atoms with Gasteiger partial charge in [-0.3, -0.25) is 4.79 Å². The van der Waals surface area contributed by atoms with Crippen LogP contribution in [0.25, 0.3) is 0 Å². The van der Waals surface area contributed by atoms with E-state index in [0.29, 0.717) is 0 Å². The van der Waals surface area contributed by atoms with Crippen molar-refractivity contribution in [3.05, 3.63) is 23.8 Å². The van der Waals surface area contributed by atoms with E-state index < -0.39 is 33.2 Å². The molecule has 18 heavy (non-hydrogen) atoms. The van der Waals surface area contributed by atoms with E-state index >= 15 is 0 Å². The van der Waals surface area contributed by atoms with Gasteiger partial charge in [-0.15, -0.1) is 0 Å². The van der Waals surface area contributed by atoms with Gasteiger partial charge in [0.2, 0.25) is 5.91 Å². The lowest BCUT2D eigenvalue weighted by Gasteiger charge is -2.05. The summed E-state index contributed by atoms with van der Waals surface area (Å²) in [6.45, 7) is 0. The van der Waals surface area contributed by atoms with Crippen LogP contribution in [0.1, 0.15) is 16.1 Å². The van der Waals surface area contributed by atoms with Crippen LogP contribution in [0.2, 0.25) is 0 Å². The van der Waals surface area contributed by atoms with E-state index in [2.05, 4.69) is 15.3 Å². The van der Waals surface area contributed by atoms with Gasteiger partial charge in [-0.2, -0.15) is 0 Å². The molecule has 0 saturated heterocycles. The molecule has 1 amide bonds. The second-order valence-corrected chi connectivity index (χ2v) is 5.46. The molecule has 2 N–H and O–H groups in total. The van der Waals surface area contributed by atoms with E-state index in [4.69, 9.17) is 5.11 Å². The Morgan fingerprint density at radius 1 is 1.44 bits per heavy atom. The first kappa shape index (κ1) is 14.0. The lowest BCUT2D eigenvalue weighted by atomic mass is 10.2. The number of nitrogens with one attached hydrogen (secondary N) is 1. The van der Waals surface area contributed by atoms with E-state index in [1.54, 1.807) is 0 Å². The highest BCUT2D eigenvalue weighted by Gasteiger charge is 2.21. The Balaban J connectivity index is 2.98. The number of nitrogens with zero attached hydrogens (tertiary/aromatic N) is 2. The quantitative estimate of drug-likeness (QED) is 0.692. The van der Waals surface area contributed by atoms with Gasteiger partial charge in [0.15, 0.2) is 9.84 Å². The molecule has 0 atom stereocenters. The average molecular weight is 273 g/mol. The number of carbonyl (C=O) groups is 2. The topological polar surface area (TPSA) is 126 Å². The molecular weight excluding hydrogens is 262 g/mol. The number of carboxylic acid groups (broad SMARTS) is 1. The van der Waals surface area contributed by atoms with Crippen molar-refractivity contribution < 1.29 is 23.1 Å². The molecule has 9 heteroatoms. The molecule has 0 radical (unpaired) electrons. The fourth-order valence-electron chi connectivity index (χ4n) is 1.18. The smallest absolute Gasteiger partial charge is 0.339 e. The number of carboxylic acids is 1. The molecule has 8 nitrogen and oxygen atoms in total. The van der Waals surface area contributed by atoms with E-state index in [-0.39, 0.29) is 11.3 Å². The summed E-state index contributed by atoms with van der Waals surface area (Å²) < 4.78 is 23.3. The van der Waals surface area contributed by atoms with E-state index in [1.807, 2.05) is 0 Å². The highest BCUT2D eigenvalue weighted by molar-refractivity contribution is 7.91. The molecule has 98 valence electrons. The third-order valence-corrected chi connectivity index (χ3v) is 3.43. The van der Waals surface area contributed by atoms with Crippen molar-refractivity contribution in [1.29, 1.82) is 0 Å². The first-order valence-corrected chi connectivity index (χ1v) is 6.61. The number of hydrogen-bond acceptors (Lipinski definition) is 6. The minimum absolute atomic E-state index is 0.138. The van der Waals surface area contributed by atoms with E-state index in [0.717, 1.165) is 12.5 Å². The minimum atomic E-state index is -3.77. The van der Waals surface area contributed by atoms with Gasteiger partial charge in [0.25, 0.3) is 0 Å². The van der Waals surface area contributed by atoms with Crippen LogP contribution in [-0.4, -0.2) is 48.2 Å². The maximum atomic E-state index is 11.6. The molecule has 1 aromatic heterocycles. The van der Waals surface area contributed by atoms with Gasteiger partial charge in [0, 0.05) is 13.2 Å². The molecule has 0 aliphatic carbocycles. The Labute approximate surface area is 103 Å². The Morgan fingerprint density at radius 3 is 2.67 bits per heavy atom. The standard InChI is InChI=1S/C9H11N3O5S/c1-10-8(13)4-18(16,17)3-7-6(9(14)15)2-11-5-12-7/h2,5H,3-4H2,1H3,(H,10,13)(H,14,15). The van der Waals surface area contributed by atoms with Crippen molar-refractivity contribution in [2.75, 3.05) is 12.8 Å². The maximum Gasteiger partial charge on any atom is 0.339 e. The summed E-state index contributed by atoms with van der Waals surface area (Å²) in [6, 6.07) is 0. The third-order valence-electron chi connectivity index (χ3n) is 2.01. The van der Waals surface area contributed by atoms with Gasteiger partial charge in [0.05, 0.1) is 11.4 Å². The number of hydrogen-bond donors (Lipinski definition) is 2. The van der Waals surface area contributed by atoms with Crippen molar-refractivity contribution in [1.82, 2.24) is 15.3 Å². The van der Waals surface area contributed by atoms with Crippen LogP contribution in [0.15, 0.2) is 12.5 Å². The zero-order valence-corrected chi connectivity index (χ0v) is 10.3. The Bertz CT molecular complexity index is 569. The molecule has 0 aliphatic rings. The van der Waals surface area contributed by atoms with Crippen LogP contribution in [0.4, 0.5) is 0 Å². The normalized spacial score (nSPS) is 10.9. The highest BCUT2D eigenvalue weighted by atomic mass is 32.2. The largest absolute Gasteiger partial charge is 0.478 e. The van der Waals surface area contributed by atoms with Gasteiger partial charge in [-0.1, -0.05) is 0 Å². The van der Waals surface area contributed by atoms with Crippen LogP contribution < -0.4 is 5.32 Å². The van der Waals surface area contributed by atoms with Gasteiger partial charge < -0.3 is 10.4 Å². The van der Waals surface area contributed by atoms with E-state index in [9.17, 15) is 18.0 Å². The first-order valence-electron chi connectivity index (χ1n) is 4.79. The Kier molecular flexibility index (Phi) is 4.32. The van der Waals surface area contributed by atoms with Gasteiger partial charge in [-0.25, -0.2) is 23.2 Å². The van der Waals surface area contributed by atoms with Crippen molar-refractivity contribution in [2.24, 2.45) is 0 Å². The summed E-state index contributed by atoms with van der Waals surface area (Å²) in [5.41, 5.74) is -0.431. The number of amides is 1. The van der Waals surface area contributed by atoms with E-state index in [1.165, 1.54) is 7.05 Å². The molecule has 1 rings (SSSR count). The van der Waals surface area contributed by atoms with Crippen LogP contribution in [0.5, 0.6) is 0 Å². The zero-order chi connectivity index (χ0) is 13.8. The summed E-state index contributed by atoms with van der Waals surface area (Å²) in [6.07, 6.45) is 2.07. The Morgan fingerprint density at radius 2 is 2.11 bits per heavy atom. The third kappa shape index (κ3) is 3.77. The SMILES string of the molecule is CNC(=O)CS(=O)(=O)Cc1ncncc1C(=O)O. The van der Waals surface area contributed by atoms with Crippen molar-refractivity contribution in [3.8, 4) is 0 Å². The molecule has 0 aromatic carbocycles. The van der Waals surface area contributed by atoms with Crippen LogP contribution in [-0.2, 0) is 20.4 Å². The van der Waals surface area contributed by atoms with Crippen molar-refractivity contribution in [3.63, 3.8) is 0 Å². The Hall–Kier alpha value is -2.03. The fraction of sp³-hybridized carbons (Fsp3) is 0.333. The maximum absolute atomic E-state index is 11.6. The van der Waals surface area contributed by atoms with Crippen LogP contribution in [0, 0.1) is 0 Å². The number of rotatable bonds is 5. The fourth-order valence-corrected chi connectivity index (χ4v) is 2.47. The van der Waals surface area contributed by atoms with Crippen molar-refractivity contribution in [2.45, 2.75) is 5.75 Å². The summed E-state index contributed by atoms with van der Waals surface area (Å²) >= 11 is 0. The van der Waals surface area contributed by atoms with Gasteiger partial charge >= 0.3 is 5.97 Å². The minimum Gasteiger partial charge on any atom is -0.478 e. The highest BCUT2D eigenvalue weighted by Crippen LogP contribution is 2.09. The number of aromatic carboxylic acids is 1. The molecule has 1 heterocycles. The number of aromatic nitrogens is 2. The molecule has 0 bridgehead atoms. The number of carbonyl (C=O) groups excluding carboxylic acids is 1. The summed E-state index contributed by atoms with van der Waals surface area (Å²) in [5, 5.41) is 11.0. The molecule has 0 aliphatic heterocycles. The monoisotopic (exact) mass is 273 g/mol. The van der Waals surface area contributed by atoms with Gasteiger partial charge in [0.1, 0.15) is 17.6 Å². The molecule has 1 aromatic rings. The molecular formula is C9H11N3O5S. The predicted molar refractivity (Wildman–Crippen MR) is 60.5 cm³/mol. The lowest BCUT2D eigenvalue weighted by Crippen LogP contribution is -2.28. The summed E-state index contributed by atoms with van der Waals surface area (Å²) in [5.74, 6) is -3.32. The predicted octanol–water partition coefficient (Wildman–Crippen LogP) is -1.16. The molecule has 0 fully saturated rings. The van der Waals surface area contributed by atoms with Crippen LogP contribution >= 0.6 is 0 Å². The van der Waals surface area contributed by atoms with Crippen molar-refractivity contribution >= 4 is 21.7 Å². The molecule has 0 unspecified atom stereocenters. The number of sulfone groups is 1. The summed E-state index contributed by atoms with van der Waals surface area (Å²) in [4.78, 5) is 29.0. The molecule has 0 spiro atoms. The average Bonchev–Trinajstić information content (AvgIpc) is 2.28. The zero-order valence-electron chi connectivity index (χ0n) is 9.45. The second-order valence-electron chi connectivity index (χ2n) is 3.39. The summed E-state index contributed by atoms with van der Waals surface area (Å²) in [7, 11) is -2.46. The van der Waals surface area contributed by atoms with Crippen LogP contribution in [0.3, 0.4) is 0 Å². The van der Waals surface area contributed by atoms with Gasteiger partial charge in [-0.05, 0) is 0 Å².